The molecule has 0 aromatic heterocycles. The molecule has 0 radical (unpaired) electrons. The number of aliphatic hydroxyl groups excluding tert-OH is 1. The fourth-order valence-corrected chi connectivity index (χ4v) is 3.46. The first-order chi connectivity index (χ1) is 10.6. The third kappa shape index (κ3) is 3.77. The van der Waals surface area contributed by atoms with Crippen molar-refractivity contribution < 1.29 is 9.90 Å². The number of carbonyl (C=O) groups is 1. The largest absolute Gasteiger partial charge is 0.396 e. The van der Waals surface area contributed by atoms with Gasteiger partial charge in [-0.1, -0.05) is 31.6 Å². The third-order valence-electron chi connectivity index (χ3n) is 4.65. The average Bonchev–Trinajstić information content (AvgIpc) is 2.56. The summed E-state index contributed by atoms with van der Waals surface area (Å²) in [6.45, 7) is 7.50. The van der Waals surface area contributed by atoms with Gasteiger partial charge in [0.2, 0.25) is 0 Å². The number of carbonyl (C=O) groups excluding carboxylic acids is 1. The summed E-state index contributed by atoms with van der Waals surface area (Å²) < 4.78 is 0. The van der Waals surface area contributed by atoms with E-state index in [0.717, 1.165) is 44.2 Å². The molecule has 1 aromatic rings. The van der Waals surface area contributed by atoms with Crippen LogP contribution in [0.3, 0.4) is 0 Å². The minimum Gasteiger partial charge on any atom is -0.396 e. The van der Waals surface area contributed by atoms with Crippen LogP contribution in [0.4, 0.5) is 0 Å². The van der Waals surface area contributed by atoms with Crippen LogP contribution in [0.5, 0.6) is 0 Å². The fourth-order valence-electron chi connectivity index (χ4n) is 3.46. The first kappa shape index (κ1) is 16.8. The molecule has 0 bridgehead atoms. The Kier molecular flexibility index (Phi) is 5.78. The molecule has 3 nitrogen and oxygen atoms in total. The second kappa shape index (κ2) is 7.59. The molecule has 1 aliphatic heterocycles. The first-order valence-corrected chi connectivity index (χ1v) is 8.24. The number of aliphatic hydroxyl groups is 1. The maximum atomic E-state index is 12.7. The lowest BCUT2D eigenvalue weighted by atomic mass is 9.77. The summed E-state index contributed by atoms with van der Waals surface area (Å²) in [7, 11) is 0. The predicted molar refractivity (Wildman–Crippen MR) is 89.9 cm³/mol. The molecule has 1 aromatic carbocycles. The van der Waals surface area contributed by atoms with E-state index >= 15 is 0 Å². The Labute approximate surface area is 133 Å². The summed E-state index contributed by atoms with van der Waals surface area (Å²) in [4.78, 5) is 14.6. The zero-order valence-corrected chi connectivity index (χ0v) is 13.6. The zero-order chi connectivity index (χ0) is 16.0. The lowest BCUT2D eigenvalue weighted by Crippen LogP contribution is -2.47. The second-order valence-electron chi connectivity index (χ2n) is 6.43. The maximum Gasteiger partial charge on any atom is 0.253 e. The third-order valence-corrected chi connectivity index (χ3v) is 4.65. The van der Waals surface area contributed by atoms with E-state index in [9.17, 15) is 9.90 Å². The molecule has 0 unspecified atom stereocenters. The Morgan fingerprint density at radius 1 is 1.41 bits per heavy atom. The number of rotatable bonds is 6. The molecule has 1 heterocycles. The van der Waals surface area contributed by atoms with Gasteiger partial charge in [0.15, 0.2) is 0 Å². The summed E-state index contributed by atoms with van der Waals surface area (Å²) in [6.07, 6.45) is 6.69. The summed E-state index contributed by atoms with van der Waals surface area (Å²) in [5.74, 6) is 0.0822. The van der Waals surface area contributed by atoms with E-state index < -0.39 is 0 Å². The van der Waals surface area contributed by atoms with Gasteiger partial charge >= 0.3 is 0 Å². The molecular formula is C19H27NO2. The highest BCUT2D eigenvalue weighted by molar-refractivity contribution is 5.94. The standard InChI is InChI=1S/C19H27NO2/c1-3-6-16-7-9-17(10-8-16)18(22)20-13-5-12-19(14-20,15-21)11-4-2/h3,7-10,21H,1,4-6,11-15H2,2H3/t19-/m0/s1. The van der Waals surface area contributed by atoms with Gasteiger partial charge in [0.25, 0.3) is 5.91 Å². The van der Waals surface area contributed by atoms with Gasteiger partial charge in [0.05, 0.1) is 6.61 Å². The Bertz CT molecular complexity index is 505. The second-order valence-corrected chi connectivity index (χ2v) is 6.43. The van der Waals surface area contributed by atoms with Crippen molar-refractivity contribution in [1.29, 1.82) is 0 Å². The molecule has 1 saturated heterocycles. The van der Waals surface area contributed by atoms with E-state index in [-0.39, 0.29) is 17.9 Å². The Morgan fingerprint density at radius 2 is 2.14 bits per heavy atom. The molecule has 1 fully saturated rings. The molecule has 22 heavy (non-hydrogen) atoms. The Morgan fingerprint density at radius 3 is 2.73 bits per heavy atom. The van der Waals surface area contributed by atoms with Crippen LogP contribution in [0.25, 0.3) is 0 Å². The number of likely N-dealkylation sites (tertiary alicyclic amines) is 1. The van der Waals surface area contributed by atoms with Crippen molar-refractivity contribution >= 4 is 5.91 Å². The normalized spacial score (nSPS) is 21.6. The smallest absolute Gasteiger partial charge is 0.253 e. The summed E-state index contributed by atoms with van der Waals surface area (Å²) in [6, 6.07) is 7.78. The summed E-state index contributed by atoms with van der Waals surface area (Å²) in [5, 5.41) is 9.79. The predicted octanol–water partition coefficient (Wildman–Crippen LogP) is 3.43. The van der Waals surface area contributed by atoms with Crippen LogP contribution in [0.2, 0.25) is 0 Å². The molecule has 0 spiro atoms. The summed E-state index contributed by atoms with van der Waals surface area (Å²) >= 11 is 0. The van der Waals surface area contributed by atoms with Gasteiger partial charge in [-0.25, -0.2) is 0 Å². The van der Waals surface area contributed by atoms with Crippen molar-refractivity contribution in [1.82, 2.24) is 4.90 Å². The van der Waals surface area contributed by atoms with E-state index in [1.54, 1.807) is 0 Å². The van der Waals surface area contributed by atoms with Crippen LogP contribution in [0.1, 0.15) is 48.5 Å². The van der Waals surface area contributed by atoms with Gasteiger partial charge in [0, 0.05) is 24.1 Å². The van der Waals surface area contributed by atoms with Crippen molar-refractivity contribution in [3.8, 4) is 0 Å². The van der Waals surface area contributed by atoms with Gasteiger partial charge in [-0.05, 0) is 43.4 Å². The number of benzene rings is 1. The van der Waals surface area contributed by atoms with E-state index in [0.29, 0.717) is 6.54 Å². The topological polar surface area (TPSA) is 40.5 Å². The number of nitrogens with zero attached hydrogens (tertiary/aromatic N) is 1. The minimum atomic E-state index is -0.106. The SMILES string of the molecule is C=CCc1ccc(C(=O)N2CCC[C@@](CO)(CCC)C2)cc1. The van der Waals surface area contributed by atoms with Crippen LogP contribution in [-0.2, 0) is 6.42 Å². The van der Waals surface area contributed by atoms with Crippen molar-refractivity contribution in [2.24, 2.45) is 5.41 Å². The van der Waals surface area contributed by atoms with Gasteiger partial charge in [-0.3, -0.25) is 4.79 Å². The monoisotopic (exact) mass is 301 g/mol. The number of hydrogen-bond acceptors (Lipinski definition) is 2. The fraction of sp³-hybridized carbons (Fsp3) is 0.526. The van der Waals surface area contributed by atoms with Crippen LogP contribution in [-0.4, -0.2) is 35.6 Å². The molecule has 3 heteroatoms. The van der Waals surface area contributed by atoms with Crippen LogP contribution < -0.4 is 0 Å². The van der Waals surface area contributed by atoms with Crippen molar-refractivity contribution in [3.63, 3.8) is 0 Å². The quantitative estimate of drug-likeness (QED) is 0.818. The average molecular weight is 301 g/mol. The molecule has 1 N–H and O–H groups in total. The zero-order valence-electron chi connectivity index (χ0n) is 13.6. The Hall–Kier alpha value is -1.61. The molecular weight excluding hydrogens is 274 g/mol. The van der Waals surface area contributed by atoms with Crippen molar-refractivity contribution in [2.75, 3.05) is 19.7 Å². The van der Waals surface area contributed by atoms with E-state index in [2.05, 4.69) is 13.5 Å². The lowest BCUT2D eigenvalue weighted by Gasteiger charge is -2.42. The van der Waals surface area contributed by atoms with Crippen LogP contribution >= 0.6 is 0 Å². The molecule has 120 valence electrons. The number of amides is 1. The number of hydrogen-bond donors (Lipinski definition) is 1. The number of piperidine rings is 1. The van der Waals surface area contributed by atoms with Gasteiger partial charge < -0.3 is 10.0 Å². The van der Waals surface area contributed by atoms with Gasteiger partial charge in [-0.15, -0.1) is 6.58 Å². The van der Waals surface area contributed by atoms with Crippen LogP contribution in [0.15, 0.2) is 36.9 Å². The van der Waals surface area contributed by atoms with Gasteiger partial charge in [-0.2, -0.15) is 0 Å². The lowest BCUT2D eigenvalue weighted by molar-refractivity contribution is 0.0222. The maximum absolute atomic E-state index is 12.7. The molecule has 2 rings (SSSR count). The van der Waals surface area contributed by atoms with E-state index in [1.165, 1.54) is 5.56 Å². The highest BCUT2D eigenvalue weighted by Gasteiger charge is 2.36. The van der Waals surface area contributed by atoms with E-state index in [4.69, 9.17) is 0 Å². The highest BCUT2D eigenvalue weighted by atomic mass is 16.3. The Balaban J connectivity index is 2.09. The molecule has 0 aliphatic carbocycles. The van der Waals surface area contributed by atoms with Crippen LogP contribution in [0, 0.1) is 5.41 Å². The molecule has 1 amide bonds. The molecule has 0 saturated carbocycles. The molecule has 1 atom stereocenters. The van der Waals surface area contributed by atoms with E-state index in [1.807, 2.05) is 35.2 Å². The van der Waals surface area contributed by atoms with Crippen molar-refractivity contribution in [3.05, 3.63) is 48.0 Å². The van der Waals surface area contributed by atoms with Gasteiger partial charge in [0.1, 0.15) is 0 Å². The first-order valence-electron chi connectivity index (χ1n) is 8.24. The number of allylic oxidation sites excluding steroid dienone is 1. The highest BCUT2D eigenvalue weighted by Crippen LogP contribution is 2.34. The summed E-state index contributed by atoms with van der Waals surface area (Å²) in [5.41, 5.74) is 1.80. The minimum absolute atomic E-state index is 0.0822. The van der Waals surface area contributed by atoms with Crippen molar-refractivity contribution in [2.45, 2.75) is 39.0 Å². The molecule has 1 aliphatic rings.